The number of benzene rings is 1. The minimum atomic E-state index is -2.19. The zero-order valence-electron chi connectivity index (χ0n) is 18.0. The van der Waals surface area contributed by atoms with Crippen LogP contribution in [0.25, 0.3) is 11.8 Å². The van der Waals surface area contributed by atoms with Crippen LogP contribution in [0.5, 0.6) is 0 Å². The lowest BCUT2D eigenvalue weighted by atomic mass is 9.76. The fourth-order valence-corrected chi connectivity index (χ4v) is 4.77. The first kappa shape index (κ1) is 12.5. The first-order valence-electron chi connectivity index (χ1n) is 10.7. The van der Waals surface area contributed by atoms with Gasteiger partial charge in [0.05, 0.1) is 0 Å². The van der Waals surface area contributed by atoms with Gasteiger partial charge in [-0.3, -0.25) is 0 Å². The smallest absolute Gasteiger partial charge is 0.218 e. The number of fused-ring (bicyclic) bond motifs is 1. The molecule has 24 heavy (non-hydrogen) atoms. The molecule has 2 aromatic rings. The third-order valence-corrected chi connectivity index (χ3v) is 6.22. The van der Waals surface area contributed by atoms with E-state index in [1.54, 1.807) is 0 Å². The molecule has 0 N–H and O–H groups in total. The average molecular weight is 325 g/mol. The zero-order chi connectivity index (χ0) is 19.4. The van der Waals surface area contributed by atoms with Crippen molar-refractivity contribution in [1.82, 2.24) is 4.57 Å². The molecule has 1 saturated carbocycles. The summed E-state index contributed by atoms with van der Waals surface area (Å²) in [5.41, 5.74) is 3.83. The summed E-state index contributed by atoms with van der Waals surface area (Å²) in [5.74, 6) is 0.921. The second-order valence-corrected chi connectivity index (χ2v) is 7.65. The Labute approximate surface area is 150 Å². The van der Waals surface area contributed by atoms with Crippen LogP contribution in [0.4, 0.5) is 0 Å². The van der Waals surface area contributed by atoms with Gasteiger partial charge in [-0.2, -0.15) is 4.57 Å². The summed E-state index contributed by atoms with van der Waals surface area (Å²) < 4.78 is 29.2. The van der Waals surface area contributed by atoms with Gasteiger partial charge in [-0.1, -0.05) is 37.5 Å². The lowest BCUT2D eigenvalue weighted by Crippen LogP contribution is -2.58. The molecular weight excluding hydrogens is 292 g/mol. The molecule has 4 rings (SSSR count). The van der Waals surface area contributed by atoms with Crippen LogP contribution in [-0.4, -0.2) is 4.57 Å². The zero-order valence-corrected chi connectivity index (χ0v) is 15.0. The van der Waals surface area contributed by atoms with Crippen LogP contribution >= 0.6 is 0 Å². The number of rotatable bonds is 2. The standard InChI is InChI=1S/C22H29N2/c1-16-10-8-9-13-20(16)23-17(2)21-14-15-22(4,24(21)18(23)3)19-11-6-5-7-12-19/h8-10,13-15,19H,5-7,11-12H2,1-4H3/q+1/i3D3. The highest BCUT2D eigenvalue weighted by atomic mass is 15.2. The quantitative estimate of drug-likeness (QED) is 0.686. The Bertz CT molecular complexity index is 901. The lowest BCUT2D eigenvalue weighted by Gasteiger charge is -2.34. The van der Waals surface area contributed by atoms with Crippen LogP contribution in [0.3, 0.4) is 0 Å². The number of hydrogen-bond acceptors (Lipinski definition) is 0. The first-order chi connectivity index (χ1) is 12.7. The number of nitrogens with zero attached hydrogens (tertiary/aromatic N) is 2. The monoisotopic (exact) mass is 324 g/mol. The van der Waals surface area contributed by atoms with Crippen molar-refractivity contribution in [2.75, 3.05) is 0 Å². The number of allylic oxidation sites excluding steroid dienone is 1. The molecule has 0 radical (unpaired) electrons. The van der Waals surface area contributed by atoms with E-state index in [4.69, 9.17) is 4.11 Å². The predicted octanol–water partition coefficient (Wildman–Crippen LogP) is 5.01. The van der Waals surface area contributed by atoms with E-state index in [-0.39, 0.29) is 5.54 Å². The third kappa shape index (κ3) is 2.12. The number of aromatic nitrogens is 2. The van der Waals surface area contributed by atoms with E-state index in [0.717, 1.165) is 22.6 Å². The predicted molar refractivity (Wildman–Crippen MR) is 99.4 cm³/mol. The maximum absolute atomic E-state index is 8.37. The molecule has 0 bridgehead atoms. The van der Waals surface area contributed by atoms with Crippen molar-refractivity contribution in [2.24, 2.45) is 5.92 Å². The molecule has 0 saturated heterocycles. The van der Waals surface area contributed by atoms with Gasteiger partial charge in [-0.25, -0.2) is 4.57 Å². The molecule has 1 aliphatic heterocycles. The van der Waals surface area contributed by atoms with Gasteiger partial charge < -0.3 is 0 Å². The molecular formula is C22H29N2+. The van der Waals surface area contributed by atoms with Crippen molar-refractivity contribution in [3.05, 3.63) is 53.1 Å². The van der Waals surface area contributed by atoms with Crippen molar-refractivity contribution < 1.29 is 8.68 Å². The Morgan fingerprint density at radius 3 is 2.62 bits per heavy atom. The highest BCUT2D eigenvalue weighted by Crippen LogP contribution is 2.40. The normalized spacial score (nSPS) is 26.0. The summed E-state index contributed by atoms with van der Waals surface area (Å²) in [4.78, 5) is 0. The Kier molecular flexibility index (Phi) is 2.93. The highest BCUT2D eigenvalue weighted by molar-refractivity contribution is 5.53. The fourth-order valence-electron chi connectivity index (χ4n) is 4.77. The minimum Gasteiger partial charge on any atom is -0.218 e. The van der Waals surface area contributed by atoms with Gasteiger partial charge in [0.15, 0.2) is 11.4 Å². The van der Waals surface area contributed by atoms with E-state index >= 15 is 0 Å². The number of aryl methyl sites for hydroxylation is 1. The largest absolute Gasteiger partial charge is 0.259 e. The summed E-state index contributed by atoms with van der Waals surface area (Å²) in [6.45, 7) is 4.13. The SMILES string of the molecule is [2H]C([2H])([2H])c1n(-c2ccccc2C)c(C)c2[n+]1C(C)(C1CCCCC1)C=C2. The molecule has 1 fully saturated rings. The Balaban J connectivity index is 1.99. The summed E-state index contributed by atoms with van der Waals surface area (Å²) in [6.07, 6.45) is 10.5. The first-order valence-corrected chi connectivity index (χ1v) is 9.18. The lowest BCUT2D eigenvalue weighted by molar-refractivity contribution is -0.759. The molecule has 2 heteroatoms. The summed E-state index contributed by atoms with van der Waals surface area (Å²) in [5, 5.41) is 0. The Morgan fingerprint density at radius 2 is 1.92 bits per heavy atom. The van der Waals surface area contributed by atoms with E-state index in [1.807, 2.05) is 42.7 Å². The van der Waals surface area contributed by atoms with Gasteiger partial charge in [0.25, 0.3) is 5.82 Å². The van der Waals surface area contributed by atoms with E-state index in [0.29, 0.717) is 11.7 Å². The van der Waals surface area contributed by atoms with Crippen molar-refractivity contribution in [3.8, 4) is 5.69 Å². The van der Waals surface area contributed by atoms with Crippen molar-refractivity contribution in [1.29, 1.82) is 0 Å². The molecule has 126 valence electrons. The van der Waals surface area contributed by atoms with Gasteiger partial charge in [0, 0.05) is 23.8 Å². The van der Waals surface area contributed by atoms with Crippen LogP contribution in [0.1, 0.15) is 65.9 Å². The number of hydrogen-bond donors (Lipinski definition) is 0. The molecule has 1 unspecified atom stereocenters. The van der Waals surface area contributed by atoms with Crippen molar-refractivity contribution in [3.63, 3.8) is 0 Å². The maximum Gasteiger partial charge on any atom is 0.259 e. The van der Waals surface area contributed by atoms with Crippen molar-refractivity contribution in [2.45, 2.75) is 65.3 Å². The van der Waals surface area contributed by atoms with Crippen molar-refractivity contribution >= 4 is 6.08 Å². The highest BCUT2D eigenvalue weighted by Gasteiger charge is 2.46. The van der Waals surface area contributed by atoms with Crippen LogP contribution in [0.2, 0.25) is 0 Å². The second kappa shape index (κ2) is 5.61. The minimum absolute atomic E-state index is 0.266. The summed E-state index contributed by atoms with van der Waals surface area (Å²) >= 11 is 0. The van der Waals surface area contributed by atoms with Gasteiger partial charge in [0.2, 0.25) is 0 Å². The maximum atomic E-state index is 8.37. The number of para-hydroxylation sites is 1. The Hall–Kier alpha value is -1.83. The number of imidazole rings is 1. The summed E-state index contributed by atoms with van der Waals surface area (Å²) in [6, 6.07) is 8.05. The second-order valence-electron chi connectivity index (χ2n) is 7.65. The Morgan fingerprint density at radius 1 is 1.17 bits per heavy atom. The molecule has 1 aromatic carbocycles. The summed E-state index contributed by atoms with van der Waals surface area (Å²) in [7, 11) is 0. The van der Waals surface area contributed by atoms with Gasteiger partial charge in [-0.05, 0) is 50.5 Å². The third-order valence-electron chi connectivity index (χ3n) is 6.22. The average Bonchev–Trinajstić information content (AvgIpc) is 3.13. The fraction of sp³-hybridized carbons (Fsp3) is 0.500. The molecule has 0 spiro atoms. The van der Waals surface area contributed by atoms with Gasteiger partial charge in [-0.15, -0.1) is 0 Å². The van der Waals surface area contributed by atoms with E-state index < -0.39 is 6.85 Å². The molecule has 2 nitrogen and oxygen atoms in total. The molecule has 1 atom stereocenters. The molecule has 1 aliphatic carbocycles. The van der Waals surface area contributed by atoms with Gasteiger partial charge in [0.1, 0.15) is 11.2 Å². The van der Waals surface area contributed by atoms with Gasteiger partial charge >= 0.3 is 0 Å². The molecule has 0 amide bonds. The van der Waals surface area contributed by atoms with E-state index in [1.165, 1.54) is 32.1 Å². The molecule has 2 aliphatic rings. The topological polar surface area (TPSA) is 8.81 Å². The van der Waals surface area contributed by atoms with Crippen LogP contribution in [0.15, 0.2) is 30.3 Å². The molecule has 2 heterocycles. The van der Waals surface area contributed by atoms with E-state index in [2.05, 4.69) is 23.6 Å². The van der Waals surface area contributed by atoms with Crippen LogP contribution < -0.4 is 4.57 Å². The molecule has 1 aromatic heterocycles. The van der Waals surface area contributed by atoms with Crippen LogP contribution in [-0.2, 0) is 5.54 Å². The van der Waals surface area contributed by atoms with E-state index in [9.17, 15) is 0 Å². The van der Waals surface area contributed by atoms with Crippen LogP contribution in [0, 0.1) is 26.6 Å².